The SMILES string of the molecule is Cc1cccc([N+](=O)[O-])c1Oc1ccc(C(=N)N)c(Br)c1. The van der Waals surface area contributed by atoms with Crippen LogP contribution >= 0.6 is 15.9 Å². The number of nitrogens with zero attached hydrogens (tertiary/aromatic N) is 1. The van der Waals surface area contributed by atoms with Crippen LogP contribution in [0.25, 0.3) is 0 Å². The minimum Gasteiger partial charge on any atom is -0.450 e. The number of nitrogens with one attached hydrogen (secondary N) is 1. The van der Waals surface area contributed by atoms with Gasteiger partial charge < -0.3 is 10.5 Å². The average Bonchev–Trinajstić information content (AvgIpc) is 2.40. The van der Waals surface area contributed by atoms with Crippen LogP contribution in [0.15, 0.2) is 40.9 Å². The predicted molar refractivity (Wildman–Crippen MR) is 83.1 cm³/mol. The Labute approximate surface area is 129 Å². The maximum atomic E-state index is 11.0. The molecule has 0 radical (unpaired) electrons. The molecule has 2 rings (SSSR count). The number of benzene rings is 2. The minimum atomic E-state index is -0.485. The smallest absolute Gasteiger partial charge is 0.311 e. The molecule has 3 N–H and O–H groups in total. The maximum absolute atomic E-state index is 11.0. The second-order valence-electron chi connectivity index (χ2n) is 4.34. The lowest BCUT2D eigenvalue weighted by Gasteiger charge is -2.10. The zero-order valence-electron chi connectivity index (χ0n) is 11.1. The average molecular weight is 350 g/mol. The largest absolute Gasteiger partial charge is 0.450 e. The molecule has 0 amide bonds. The second kappa shape index (κ2) is 5.92. The van der Waals surface area contributed by atoms with Crippen LogP contribution in [0.5, 0.6) is 11.5 Å². The molecule has 2 aromatic rings. The fraction of sp³-hybridized carbons (Fsp3) is 0.0714. The summed E-state index contributed by atoms with van der Waals surface area (Å²) in [5, 5.41) is 18.5. The van der Waals surface area contributed by atoms with Gasteiger partial charge in [0.15, 0.2) is 0 Å². The fourth-order valence-corrected chi connectivity index (χ4v) is 2.38. The quantitative estimate of drug-likeness (QED) is 0.379. The lowest BCUT2D eigenvalue weighted by Crippen LogP contribution is -2.11. The summed E-state index contributed by atoms with van der Waals surface area (Å²) in [4.78, 5) is 10.6. The van der Waals surface area contributed by atoms with E-state index in [4.69, 9.17) is 15.9 Å². The van der Waals surface area contributed by atoms with Gasteiger partial charge in [-0.25, -0.2) is 0 Å². The van der Waals surface area contributed by atoms with Crippen molar-refractivity contribution in [1.82, 2.24) is 0 Å². The summed E-state index contributed by atoms with van der Waals surface area (Å²) in [5.41, 5.74) is 6.52. The number of halogens is 1. The van der Waals surface area contributed by atoms with E-state index < -0.39 is 4.92 Å². The molecular formula is C14H12BrN3O3. The van der Waals surface area contributed by atoms with Crippen molar-refractivity contribution in [1.29, 1.82) is 5.41 Å². The maximum Gasteiger partial charge on any atom is 0.311 e. The van der Waals surface area contributed by atoms with Crippen LogP contribution in [0.1, 0.15) is 11.1 Å². The van der Waals surface area contributed by atoms with Gasteiger partial charge in [0, 0.05) is 16.1 Å². The van der Waals surface area contributed by atoms with Gasteiger partial charge in [-0.3, -0.25) is 15.5 Å². The van der Waals surface area contributed by atoms with Crippen LogP contribution in [-0.2, 0) is 0 Å². The van der Waals surface area contributed by atoms with Crippen molar-refractivity contribution < 1.29 is 9.66 Å². The van der Waals surface area contributed by atoms with E-state index in [-0.39, 0.29) is 17.3 Å². The second-order valence-corrected chi connectivity index (χ2v) is 5.19. The Kier molecular flexibility index (Phi) is 4.23. The molecule has 0 saturated heterocycles. The Balaban J connectivity index is 2.41. The van der Waals surface area contributed by atoms with Crippen molar-refractivity contribution >= 4 is 27.5 Å². The van der Waals surface area contributed by atoms with E-state index >= 15 is 0 Å². The third-order valence-corrected chi connectivity index (χ3v) is 3.49. The van der Waals surface area contributed by atoms with E-state index in [0.29, 0.717) is 21.3 Å². The lowest BCUT2D eigenvalue weighted by atomic mass is 10.2. The number of aryl methyl sites for hydroxylation is 1. The molecule has 0 aromatic heterocycles. The van der Waals surface area contributed by atoms with Gasteiger partial charge in [-0.15, -0.1) is 0 Å². The van der Waals surface area contributed by atoms with Gasteiger partial charge in [-0.1, -0.05) is 12.1 Å². The number of hydrogen-bond acceptors (Lipinski definition) is 4. The van der Waals surface area contributed by atoms with Gasteiger partial charge in [-0.05, 0) is 46.6 Å². The standard InChI is InChI=1S/C14H12BrN3O3/c1-8-3-2-4-12(18(19)20)13(8)21-9-5-6-10(14(16)17)11(15)7-9/h2-7H,1H3,(H3,16,17). The molecule has 0 aliphatic rings. The molecule has 21 heavy (non-hydrogen) atoms. The number of nitro groups is 1. The molecule has 7 heteroatoms. The number of hydrogen-bond donors (Lipinski definition) is 2. The molecule has 0 unspecified atom stereocenters. The molecule has 6 nitrogen and oxygen atoms in total. The van der Waals surface area contributed by atoms with Crippen LogP contribution in [0.2, 0.25) is 0 Å². The fourth-order valence-electron chi connectivity index (χ4n) is 1.81. The number of nitrogens with two attached hydrogens (primary N) is 1. The molecule has 0 atom stereocenters. The first-order valence-corrected chi connectivity index (χ1v) is 6.75. The van der Waals surface area contributed by atoms with E-state index in [1.54, 1.807) is 37.3 Å². The zero-order chi connectivity index (χ0) is 15.6. The normalized spacial score (nSPS) is 10.2. The van der Waals surface area contributed by atoms with Crippen LogP contribution < -0.4 is 10.5 Å². The highest BCUT2D eigenvalue weighted by atomic mass is 79.9. The Bertz CT molecular complexity index is 731. The zero-order valence-corrected chi connectivity index (χ0v) is 12.7. The van der Waals surface area contributed by atoms with E-state index in [2.05, 4.69) is 15.9 Å². The summed E-state index contributed by atoms with van der Waals surface area (Å²) in [7, 11) is 0. The molecule has 0 fully saturated rings. The Hall–Kier alpha value is -2.41. The summed E-state index contributed by atoms with van der Waals surface area (Å²) < 4.78 is 6.22. The Morgan fingerprint density at radius 3 is 2.67 bits per heavy atom. The number of amidine groups is 1. The van der Waals surface area contributed by atoms with Gasteiger partial charge >= 0.3 is 5.69 Å². The van der Waals surface area contributed by atoms with Gasteiger partial charge in [-0.2, -0.15) is 0 Å². The van der Waals surface area contributed by atoms with Crippen molar-refractivity contribution in [2.45, 2.75) is 6.92 Å². The lowest BCUT2D eigenvalue weighted by molar-refractivity contribution is -0.385. The molecule has 108 valence electrons. The third-order valence-electron chi connectivity index (χ3n) is 2.84. The summed E-state index contributed by atoms with van der Waals surface area (Å²) in [6, 6.07) is 9.58. The molecule has 0 bridgehead atoms. The first-order chi connectivity index (χ1) is 9.90. The number of rotatable bonds is 4. The molecule has 0 aliphatic heterocycles. The summed E-state index contributed by atoms with van der Waals surface area (Å²) >= 11 is 3.29. The Morgan fingerprint density at radius 2 is 2.10 bits per heavy atom. The van der Waals surface area contributed by atoms with Crippen molar-refractivity contribution in [3.05, 3.63) is 62.1 Å². The van der Waals surface area contributed by atoms with E-state index in [0.717, 1.165) is 0 Å². The van der Waals surface area contributed by atoms with Crippen LogP contribution in [0.4, 0.5) is 5.69 Å². The third kappa shape index (κ3) is 3.19. The van der Waals surface area contributed by atoms with Gasteiger partial charge in [0.05, 0.1) is 4.92 Å². The number of ether oxygens (including phenoxy) is 1. The molecule has 0 heterocycles. The van der Waals surface area contributed by atoms with Crippen LogP contribution in [0, 0.1) is 22.4 Å². The highest BCUT2D eigenvalue weighted by molar-refractivity contribution is 9.10. The molecular weight excluding hydrogens is 338 g/mol. The van der Waals surface area contributed by atoms with Crippen LogP contribution in [-0.4, -0.2) is 10.8 Å². The van der Waals surface area contributed by atoms with E-state index in [1.807, 2.05) is 0 Å². The monoisotopic (exact) mass is 349 g/mol. The van der Waals surface area contributed by atoms with Crippen LogP contribution in [0.3, 0.4) is 0 Å². The first-order valence-electron chi connectivity index (χ1n) is 5.96. The minimum absolute atomic E-state index is 0.0738. The highest BCUT2D eigenvalue weighted by Crippen LogP contribution is 2.35. The van der Waals surface area contributed by atoms with Crippen molar-refractivity contribution in [2.75, 3.05) is 0 Å². The van der Waals surface area contributed by atoms with Crippen molar-refractivity contribution in [3.8, 4) is 11.5 Å². The van der Waals surface area contributed by atoms with Crippen molar-refractivity contribution in [3.63, 3.8) is 0 Å². The first kappa shape index (κ1) is 15.0. The number of nitro benzene ring substituents is 1. The number of nitrogen functional groups attached to an aromatic ring is 1. The molecule has 0 saturated carbocycles. The van der Waals surface area contributed by atoms with E-state index in [1.165, 1.54) is 6.07 Å². The molecule has 2 aromatic carbocycles. The Morgan fingerprint density at radius 1 is 1.38 bits per heavy atom. The summed E-state index contributed by atoms with van der Waals surface area (Å²) in [6.45, 7) is 1.74. The van der Waals surface area contributed by atoms with Gasteiger partial charge in [0.1, 0.15) is 11.6 Å². The van der Waals surface area contributed by atoms with E-state index in [9.17, 15) is 10.1 Å². The van der Waals surface area contributed by atoms with Crippen molar-refractivity contribution in [2.24, 2.45) is 5.73 Å². The van der Waals surface area contributed by atoms with Gasteiger partial charge in [0.2, 0.25) is 5.75 Å². The summed E-state index contributed by atoms with van der Waals surface area (Å²) in [6.07, 6.45) is 0. The number of para-hydroxylation sites is 1. The molecule has 0 aliphatic carbocycles. The molecule has 0 spiro atoms. The predicted octanol–water partition coefficient (Wildman–Crippen LogP) is 3.74. The highest BCUT2D eigenvalue weighted by Gasteiger charge is 2.18. The topological polar surface area (TPSA) is 102 Å². The summed E-state index contributed by atoms with van der Waals surface area (Å²) in [5.74, 6) is 0.546. The van der Waals surface area contributed by atoms with Gasteiger partial charge in [0.25, 0.3) is 0 Å².